The van der Waals surface area contributed by atoms with Crippen molar-refractivity contribution in [1.29, 1.82) is 0 Å². The molecule has 5 heteroatoms. The fourth-order valence-electron chi connectivity index (χ4n) is 2.75. The third-order valence-corrected chi connectivity index (χ3v) is 3.60. The summed E-state index contributed by atoms with van der Waals surface area (Å²) in [5.74, 6) is -0.0697. The molecule has 20 heavy (non-hydrogen) atoms. The maximum absolute atomic E-state index is 12.0. The van der Waals surface area contributed by atoms with Gasteiger partial charge in [0.15, 0.2) is 0 Å². The molecule has 1 aliphatic carbocycles. The second kappa shape index (κ2) is 4.67. The molecule has 0 saturated heterocycles. The summed E-state index contributed by atoms with van der Waals surface area (Å²) in [6, 6.07) is 5.26. The molecule has 3 rings (SSSR count). The summed E-state index contributed by atoms with van der Waals surface area (Å²) in [6.45, 7) is 2.14. The second-order valence-corrected chi connectivity index (χ2v) is 4.86. The number of carbonyl (C=O) groups is 1. The Morgan fingerprint density at radius 3 is 3.00 bits per heavy atom. The molecule has 1 aromatic heterocycles. The van der Waals surface area contributed by atoms with Gasteiger partial charge >= 0.3 is 5.97 Å². The standard InChI is InChI=1S/C15H16N2O3/c1-3-20-15(19)14-12-6-4-9-8-10(18)5-7-11(9)13(12)16-17(14)2/h5,7-8,18H,3-4,6H2,1-2H3. The third-order valence-electron chi connectivity index (χ3n) is 3.60. The summed E-state index contributed by atoms with van der Waals surface area (Å²) in [5, 5.41) is 14.0. The minimum absolute atomic E-state index is 0.258. The van der Waals surface area contributed by atoms with Crippen LogP contribution < -0.4 is 0 Å². The van der Waals surface area contributed by atoms with Crippen LogP contribution in [0.5, 0.6) is 5.75 Å². The van der Waals surface area contributed by atoms with Crippen LogP contribution in [0, 0.1) is 0 Å². The van der Waals surface area contributed by atoms with Crippen LogP contribution in [0.2, 0.25) is 0 Å². The topological polar surface area (TPSA) is 64.3 Å². The molecule has 0 spiro atoms. The Morgan fingerprint density at radius 2 is 2.25 bits per heavy atom. The number of aryl methyl sites for hydroxylation is 2. The Balaban J connectivity index is 2.14. The fraction of sp³-hybridized carbons (Fsp3) is 0.333. The number of phenols is 1. The van der Waals surface area contributed by atoms with Gasteiger partial charge in [0.05, 0.1) is 12.3 Å². The van der Waals surface area contributed by atoms with Crippen molar-refractivity contribution in [1.82, 2.24) is 9.78 Å². The summed E-state index contributed by atoms with van der Waals surface area (Å²) >= 11 is 0. The van der Waals surface area contributed by atoms with Crippen molar-refractivity contribution in [3.8, 4) is 17.0 Å². The smallest absolute Gasteiger partial charge is 0.356 e. The molecular weight excluding hydrogens is 256 g/mol. The monoisotopic (exact) mass is 272 g/mol. The van der Waals surface area contributed by atoms with E-state index in [2.05, 4.69) is 5.10 Å². The van der Waals surface area contributed by atoms with Crippen molar-refractivity contribution in [2.45, 2.75) is 19.8 Å². The van der Waals surface area contributed by atoms with Crippen molar-refractivity contribution in [3.05, 3.63) is 35.0 Å². The number of aromatic nitrogens is 2. The fourth-order valence-corrected chi connectivity index (χ4v) is 2.75. The summed E-state index contributed by atoms with van der Waals surface area (Å²) < 4.78 is 6.69. The predicted molar refractivity (Wildman–Crippen MR) is 73.7 cm³/mol. The summed E-state index contributed by atoms with van der Waals surface area (Å²) in [5.41, 5.74) is 4.32. The normalized spacial score (nSPS) is 12.7. The number of aromatic hydroxyl groups is 1. The molecule has 0 bridgehead atoms. The van der Waals surface area contributed by atoms with E-state index in [1.165, 1.54) is 0 Å². The van der Waals surface area contributed by atoms with E-state index in [-0.39, 0.29) is 11.7 Å². The number of fused-ring (bicyclic) bond motifs is 3. The zero-order valence-corrected chi connectivity index (χ0v) is 11.5. The maximum Gasteiger partial charge on any atom is 0.356 e. The first-order chi connectivity index (χ1) is 9.61. The first kappa shape index (κ1) is 12.7. The van der Waals surface area contributed by atoms with Gasteiger partial charge in [-0.2, -0.15) is 5.10 Å². The number of carbonyl (C=O) groups excluding carboxylic acids is 1. The van der Waals surface area contributed by atoms with E-state index >= 15 is 0 Å². The van der Waals surface area contributed by atoms with Gasteiger partial charge < -0.3 is 9.84 Å². The molecule has 0 aliphatic heterocycles. The molecule has 2 aromatic rings. The lowest BCUT2D eigenvalue weighted by molar-refractivity contribution is 0.0512. The lowest BCUT2D eigenvalue weighted by Crippen LogP contribution is -2.13. The molecule has 0 radical (unpaired) electrons. The molecule has 0 fully saturated rings. The highest BCUT2D eigenvalue weighted by molar-refractivity contribution is 5.92. The molecule has 5 nitrogen and oxygen atoms in total. The average molecular weight is 272 g/mol. The van der Waals surface area contributed by atoms with Crippen LogP contribution in [-0.2, 0) is 24.6 Å². The molecule has 1 aliphatic rings. The molecule has 0 atom stereocenters. The number of hydrogen-bond donors (Lipinski definition) is 1. The lowest BCUT2D eigenvalue weighted by Gasteiger charge is -2.15. The van der Waals surface area contributed by atoms with Crippen molar-refractivity contribution >= 4 is 5.97 Å². The van der Waals surface area contributed by atoms with Crippen LogP contribution >= 0.6 is 0 Å². The molecule has 0 saturated carbocycles. The number of phenolic OH excluding ortho intramolecular Hbond substituents is 1. The van der Waals surface area contributed by atoms with Crippen LogP contribution in [0.25, 0.3) is 11.3 Å². The number of nitrogens with zero attached hydrogens (tertiary/aromatic N) is 2. The first-order valence-corrected chi connectivity index (χ1v) is 6.67. The van der Waals surface area contributed by atoms with E-state index in [4.69, 9.17) is 4.74 Å². The Labute approximate surface area is 116 Å². The van der Waals surface area contributed by atoms with E-state index in [0.717, 1.165) is 35.2 Å². The van der Waals surface area contributed by atoms with Crippen molar-refractivity contribution < 1.29 is 14.6 Å². The minimum Gasteiger partial charge on any atom is -0.508 e. The number of benzene rings is 1. The van der Waals surface area contributed by atoms with Gasteiger partial charge in [-0.1, -0.05) is 0 Å². The van der Waals surface area contributed by atoms with E-state index in [1.807, 2.05) is 6.07 Å². The average Bonchev–Trinajstić information content (AvgIpc) is 2.75. The van der Waals surface area contributed by atoms with Crippen LogP contribution in [-0.4, -0.2) is 27.5 Å². The lowest BCUT2D eigenvalue weighted by atomic mass is 9.89. The highest BCUT2D eigenvalue weighted by Gasteiger charge is 2.27. The second-order valence-electron chi connectivity index (χ2n) is 4.86. The zero-order valence-electron chi connectivity index (χ0n) is 11.5. The van der Waals surface area contributed by atoms with Gasteiger partial charge in [0, 0.05) is 18.2 Å². The van der Waals surface area contributed by atoms with Crippen molar-refractivity contribution in [2.75, 3.05) is 6.61 Å². The quantitative estimate of drug-likeness (QED) is 0.850. The van der Waals surface area contributed by atoms with Gasteiger partial charge in [0.25, 0.3) is 0 Å². The van der Waals surface area contributed by atoms with Gasteiger partial charge in [-0.3, -0.25) is 4.68 Å². The predicted octanol–water partition coefficient (Wildman–Crippen LogP) is 2.07. The molecule has 0 amide bonds. The molecule has 1 N–H and O–H groups in total. The van der Waals surface area contributed by atoms with Crippen molar-refractivity contribution in [3.63, 3.8) is 0 Å². The van der Waals surface area contributed by atoms with E-state index < -0.39 is 0 Å². The van der Waals surface area contributed by atoms with Crippen LogP contribution in [0.1, 0.15) is 28.5 Å². The SMILES string of the molecule is CCOC(=O)c1c2c(nn1C)-c1ccc(O)cc1CC2. The minimum atomic E-state index is -0.328. The van der Waals surface area contributed by atoms with Gasteiger partial charge in [-0.15, -0.1) is 0 Å². The van der Waals surface area contributed by atoms with Gasteiger partial charge in [-0.05, 0) is 43.5 Å². The van der Waals surface area contributed by atoms with Crippen LogP contribution in [0.3, 0.4) is 0 Å². The summed E-state index contributed by atoms with van der Waals surface area (Å²) in [7, 11) is 1.75. The molecule has 104 valence electrons. The van der Waals surface area contributed by atoms with E-state index in [0.29, 0.717) is 12.3 Å². The van der Waals surface area contributed by atoms with Gasteiger partial charge in [0.1, 0.15) is 11.4 Å². The van der Waals surface area contributed by atoms with Crippen LogP contribution in [0.4, 0.5) is 0 Å². The number of ether oxygens (including phenoxy) is 1. The van der Waals surface area contributed by atoms with Gasteiger partial charge in [0.2, 0.25) is 0 Å². The molecule has 1 aromatic carbocycles. The Kier molecular flexibility index (Phi) is 2.97. The number of rotatable bonds is 2. The number of esters is 1. The van der Waals surface area contributed by atoms with Crippen LogP contribution in [0.15, 0.2) is 18.2 Å². The first-order valence-electron chi connectivity index (χ1n) is 6.67. The van der Waals surface area contributed by atoms with Crippen molar-refractivity contribution in [2.24, 2.45) is 7.05 Å². The summed E-state index contributed by atoms with van der Waals surface area (Å²) in [6.07, 6.45) is 1.52. The highest BCUT2D eigenvalue weighted by atomic mass is 16.5. The Hall–Kier alpha value is -2.30. The zero-order chi connectivity index (χ0) is 14.3. The Morgan fingerprint density at radius 1 is 1.45 bits per heavy atom. The summed E-state index contributed by atoms with van der Waals surface area (Å²) in [4.78, 5) is 12.0. The number of hydrogen-bond acceptors (Lipinski definition) is 4. The largest absolute Gasteiger partial charge is 0.508 e. The van der Waals surface area contributed by atoms with E-state index in [1.54, 1.807) is 30.8 Å². The van der Waals surface area contributed by atoms with Gasteiger partial charge in [-0.25, -0.2) is 4.79 Å². The van der Waals surface area contributed by atoms with E-state index in [9.17, 15) is 9.90 Å². The third kappa shape index (κ3) is 1.86. The molecule has 0 unspecified atom stereocenters. The molecule has 1 heterocycles. The molecular formula is C15H16N2O3. The maximum atomic E-state index is 12.0. The highest BCUT2D eigenvalue weighted by Crippen LogP contribution is 2.36. The Bertz CT molecular complexity index is 689.